The standard InChI is InChI=1S/C18H27ClN2O5S/c1-4-5-10-6-7-20-11(8-10)17(25)21-12(9(2)19)16-14(23)13(22)15(24)18(26-16)27-3/h6-9,12-16,18,22-24H,4-5H2,1-3H3,(H,21,25). The van der Waals surface area contributed by atoms with Crippen molar-refractivity contribution in [2.45, 2.75) is 68.0 Å². The number of aliphatic hydroxyl groups is 3. The fraction of sp³-hybridized carbons (Fsp3) is 0.667. The summed E-state index contributed by atoms with van der Waals surface area (Å²) in [6.07, 6.45) is 0.0749. The second kappa shape index (κ2) is 10.0. The lowest BCUT2D eigenvalue weighted by molar-refractivity contribution is -0.204. The molecule has 1 aromatic heterocycles. The van der Waals surface area contributed by atoms with Crippen LogP contribution in [0.2, 0.25) is 0 Å². The molecule has 2 rings (SSSR count). The average Bonchev–Trinajstić information content (AvgIpc) is 2.65. The zero-order valence-corrected chi connectivity index (χ0v) is 17.2. The van der Waals surface area contributed by atoms with Crippen molar-refractivity contribution in [1.29, 1.82) is 0 Å². The highest BCUT2D eigenvalue weighted by molar-refractivity contribution is 7.99. The smallest absolute Gasteiger partial charge is 0.270 e. The van der Waals surface area contributed by atoms with Gasteiger partial charge < -0.3 is 25.4 Å². The number of carbonyl (C=O) groups is 1. The first-order chi connectivity index (χ1) is 12.8. The van der Waals surface area contributed by atoms with Crippen LogP contribution in [0.25, 0.3) is 0 Å². The Labute approximate surface area is 168 Å². The molecular formula is C18H27ClN2O5S. The third kappa shape index (κ3) is 5.34. The third-order valence-corrected chi connectivity index (χ3v) is 5.71. The molecule has 0 bridgehead atoms. The maximum atomic E-state index is 12.7. The number of carbonyl (C=O) groups excluding carboxylic acids is 1. The van der Waals surface area contributed by atoms with Crippen molar-refractivity contribution < 1.29 is 24.9 Å². The molecular weight excluding hydrogens is 392 g/mol. The van der Waals surface area contributed by atoms with Crippen LogP contribution >= 0.6 is 23.4 Å². The molecule has 152 valence electrons. The first-order valence-electron chi connectivity index (χ1n) is 8.92. The van der Waals surface area contributed by atoms with Crippen molar-refractivity contribution in [3.05, 3.63) is 29.6 Å². The minimum atomic E-state index is -1.40. The fourth-order valence-corrected chi connectivity index (χ4v) is 3.98. The zero-order valence-electron chi connectivity index (χ0n) is 15.6. The number of thioether (sulfide) groups is 1. The quantitative estimate of drug-likeness (QED) is 0.487. The maximum absolute atomic E-state index is 12.7. The van der Waals surface area contributed by atoms with Crippen LogP contribution in [0.1, 0.15) is 36.3 Å². The van der Waals surface area contributed by atoms with E-state index in [1.807, 2.05) is 6.07 Å². The van der Waals surface area contributed by atoms with Gasteiger partial charge in [0, 0.05) is 6.20 Å². The lowest BCUT2D eigenvalue weighted by Gasteiger charge is -2.43. The third-order valence-electron chi connectivity index (χ3n) is 4.58. The molecule has 1 aromatic rings. The number of aryl methyl sites for hydroxylation is 1. The van der Waals surface area contributed by atoms with Gasteiger partial charge in [0.1, 0.15) is 35.5 Å². The number of aromatic nitrogens is 1. The van der Waals surface area contributed by atoms with Gasteiger partial charge in [-0.05, 0) is 37.3 Å². The largest absolute Gasteiger partial charge is 0.388 e. The van der Waals surface area contributed by atoms with Crippen LogP contribution in [-0.4, -0.2) is 73.7 Å². The molecule has 7 unspecified atom stereocenters. The molecule has 9 heteroatoms. The molecule has 0 spiro atoms. The maximum Gasteiger partial charge on any atom is 0.270 e. The number of alkyl halides is 1. The Morgan fingerprint density at radius 3 is 2.67 bits per heavy atom. The molecule has 1 aliphatic heterocycles. The van der Waals surface area contributed by atoms with Gasteiger partial charge in [0.15, 0.2) is 0 Å². The van der Waals surface area contributed by atoms with E-state index in [-0.39, 0.29) is 5.69 Å². The number of pyridine rings is 1. The molecule has 0 aromatic carbocycles. The zero-order chi connectivity index (χ0) is 20.1. The SMILES string of the molecule is CCCc1ccnc(C(=O)NC(C(C)Cl)C2OC(SC)C(O)C(O)C2O)c1. The molecule has 2 heterocycles. The lowest BCUT2D eigenvalue weighted by atomic mass is 9.93. The number of nitrogens with zero attached hydrogens (tertiary/aromatic N) is 1. The first kappa shape index (κ1) is 22.4. The predicted octanol–water partition coefficient (Wildman–Crippen LogP) is 0.930. The van der Waals surface area contributed by atoms with E-state index in [1.165, 1.54) is 11.8 Å². The van der Waals surface area contributed by atoms with Crippen LogP contribution in [0.3, 0.4) is 0 Å². The van der Waals surface area contributed by atoms with Crippen molar-refractivity contribution in [3.8, 4) is 0 Å². The Bertz CT molecular complexity index is 634. The summed E-state index contributed by atoms with van der Waals surface area (Å²) in [5.74, 6) is -0.442. The van der Waals surface area contributed by atoms with Crippen LogP contribution in [0.4, 0.5) is 0 Å². The summed E-state index contributed by atoms with van der Waals surface area (Å²) in [7, 11) is 0. The van der Waals surface area contributed by atoms with Crippen molar-refractivity contribution in [2.24, 2.45) is 0 Å². The summed E-state index contributed by atoms with van der Waals surface area (Å²) in [5.41, 5.74) is 0.507. The summed E-state index contributed by atoms with van der Waals surface area (Å²) in [6.45, 7) is 3.71. The Kier molecular flexibility index (Phi) is 8.33. The van der Waals surface area contributed by atoms with E-state index in [2.05, 4.69) is 17.2 Å². The van der Waals surface area contributed by atoms with Gasteiger partial charge in [-0.25, -0.2) is 0 Å². The summed E-state index contributed by atoms with van der Waals surface area (Å²) in [5, 5.41) is 32.7. The number of aliphatic hydroxyl groups excluding tert-OH is 3. The minimum absolute atomic E-state index is 0.246. The van der Waals surface area contributed by atoms with Crippen LogP contribution in [0.5, 0.6) is 0 Å². The van der Waals surface area contributed by atoms with E-state index in [9.17, 15) is 20.1 Å². The normalized spacial score (nSPS) is 30.6. The highest BCUT2D eigenvalue weighted by atomic mass is 35.5. The summed E-state index contributed by atoms with van der Waals surface area (Å²) >= 11 is 7.46. The molecule has 0 aliphatic carbocycles. The number of hydrogen-bond acceptors (Lipinski definition) is 7. The van der Waals surface area contributed by atoms with Gasteiger partial charge >= 0.3 is 0 Å². The number of hydrogen-bond donors (Lipinski definition) is 4. The number of halogens is 1. The molecule has 0 radical (unpaired) electrons. The van der Waals surface area contributed by atoms with Gasteiger partial charge in [0.05, 0.1) is 11.4 Å². The van der Waals surface area contributed by atoms with Gasteiger partial charge in [0.2, 0.25) is 0 Å². The Hall–Kier alpha value is -0.900. The van der Waals surface area contributed by atoms with E-state index < -0.39 is 47.2 Å². The first-order valence-corrected chi connectivity index (χ1v) is 10.6. The summed E-state index contributed by atoms with van der Waals surface area (Å²) < 4.78 is 5.74. The number of amides is 1. The summed E-state index contributed by atoms with van der Waals surface area (Å²) in [4.78, 5) is 16.8. The lowest BCUT2D eigenvalue weighted by Crippen LogP contribution is -2.64. The molecule has 7 atom stereocenters. The van der Waals surface area contributed by atoms with E-state index in [1.54, 1.807) is 25.4 Å². The van der Waals surface area contributed by atoms with E-state index in [4.69, 9.17) is 16.3 Å². The van der Waals surface area contributed by atoms with Crippen molar-refractivity contribution in [1.82, 2.24) is 10.3 Å². The molecule has 4 N–H and O–H groups in total. The number of ether oxygens (including phenoxy) is 1. The Morgan fingerprint density at radius 2 is 2.07 bits per heavy atom. The van der Waals surface area contributed by atoms with Crippen molar-refractivity contribution >= 4 is 29.3 Å². The van der Waals surface area contributed by atoms with Crippen LogP contribution in [0.15, 0.2) is 18.3 Å². The fourth-order valence-electron chi connectivity index (χ4n) is 3.09. The number of nitrogens with one attached hydrogen (secondary N) is 1. The monoisotopic (exact) mass is 418 g/mol. The van der Waals surface area contributed by atoms with E-state index in [0.717, 1.165) is 18.4 Å². The Morgan fingerprint density at radius 1 is 1.37 bits per heavy atom. The molecule has 1 saturated heterocycles. The second-order valence-corrected chi connectivity index (χ2v) is 8.28. The van der Waals surface area contributed by atoms with Gasteiger partial charge in [-0.3, -0.25) is 9.78 Å². The van der Waals surface area contributed by atoms with Crippen molar-refractivity contribution in [3.63, 3.8) is 0 Å². The minimum Gasteiger partial charge on any atom is -0.388 e. The van der Waals surface area contributed by atoms with E-state index >= 15 is 0 Å². The summed E-state index contributed by atoms with van der Waals surface area (Å²) in [6, 6.07) is 2.79. The van der Waals surface area contributed by atoms with Gasteiger partial charge in [-0.2, -0.15) is 0 Å². The van der Waals surface area contributed by atoms with E-state index in [0.29, 0.717) is 0 Å². The molecule has 27 heavy (non-hydrogen) atoms. The predicted molar refractivity (Wildman–Crippen MR) is 105 cm³/mol. The van der Waals surface area contributed by atoms with Gasteiger partial charge in [0.25, 0.3) is 5.91 Å². The second-order valence-electron chi connectivity index (χ2n) is 6.65. The molecule has 7 nitrogen and oxygen atoms in total. The Balaban J connectivity index is 2.19. The van der Waals surface area contributed by atoms with Gasteiger partial charge in [-0.1, -0.05) is 13.3 Å². The molecule has 1 fully saturated rings. The van der Waals surface area contributed by atoms with Gasteiger partial charge in [-0.15, -0.1) is 23.4 Å². The van der Waals surface area contributed by atoms with Crippen LogP contribution in [0, 0.1) is 0 Å². The molecule has 1 amide bonds. The van der Waals surface area contributed by atoms with Crippen LogP contribution < -0.4 is 5.32 Å². The average molecular weight is 419 g/mol. The van der Waals surface area contributed by atoms with Crippen molar-refractivity contribution in [2.75, 3.05) is 6.26 Å². The molecule has 0 saturated carbocycles. The number of rotatable bonds is 7. The van der Waals surface area contributed by atoms with Crippen LogP contribution in [-0.2, 0) is 11.2 Å². The highest BCUT2D eigenvalue weighted by Crippen LogP contribution is 2.30. The topological polar surface area (TPSA) is 112 Å². The highest BCUT2D eigenvalue weighted by Gasteiger charge is 2.47. The molecule has 1 aliphatic rings.